The van der Waals surface area contributed by atoms with Crippen molar-refractivity contribution in [3.8, 4) is 0 Å². The topological polar surface area (TPSA) is 89.9 Å². The summed E-state index contributed by atoms with van der Waals surface area (Å²) in [4.78, 5) is 26.2. The molecule has 0 aliphatic carbocycles. The van der Waals surface area contributed by atoms with E-state index >= 15 is 0 Å². The summed E-state index contributed by atoms with van der Waals surface area (Å²) in [5.74, 6) is -0.372. The highest BCUT2D eigenvalue weighted by Gasteiger charge is 2.28. The molecule has 1 unspecified atom stereocenters. The van der Waals surface area contributed by atoms with Crippen LogP contribution in [0.25, 0.3) is 0 Å². The van der Waals surface area contributed by atoms with E-state index in [2.05, 4.69) is 0 Å². The SMILES string of the molecule is CC(C)C[C@H](CC(=O)NO)C(=O)N1CCCCC1.CN(C)S(=O)c1ccc(Cl)cc1. The van der Waals surface area contributed by atoms with E-state index in [0.29, 0.717) is 17.4 Å². The van der Waals surface area contributed by atoms with Gasteiger partial charge in [-0.3, -0.25) is 14.8 Å². The molecule has 9 heteroatoms. The molecule has 1 aliphatic rings. The van der Waals surface area contributed by atoms with Crippen LogP contribution in [0.5, 0.6) is 0 Å². The van der Waals surface area contributed by atoms with Crippen molar-refractivity contribution in [2.45, 2.75) is 50.8 Å². The number of amides is 2. The van der Waals surface area contributed by atoms with Crippen LogP contribution < -0.4 is 5.48 Å². The minimum atomic E-state index is -1.07. The normalized spacial score (nSPS) is 15.9. The Hall–Kier alpha value is -1.48. The second-order valence-corrected chi connectivity index (χ2v) is 10.1. The fraction of sp³-hybridized carbons (Fsp3) is 0.619. The quantitative estimate of drug-likeness (QED) is 0.482. The molecule has 7 nitrogen and oxygen atoms in total. The highest BCUT2D eigenvalue weighted by atomic mass is 35.5. The molecule has 1 fully saturated rings. The fourth-order valence-corrected chi connectivity index (χ4v) is 4.16. The maximum Gasteiger partial charge on any atom is 0.244 e. The van der Waals surface area contributed by atoms with Crippen LogP contribution in [0.1, 0.15) is 46.0 Å². The van der Waals surface area contributed by atoms with Gasteiger partial charge in [0.15, 0.2) is 0 Å². The lowest BCUT2D eigenvalue weighted by molar-refractivity contribution is -0.141. The zero-order valence-corrected chi connectivity index (χ0v) is 19.8. The van der Waals surface area contributed by atoms with E-state index < -0.39 is 16.9 Å². The Morgan fingerprint density at radius 3 is 2.20 bits per heavy atom. The zero-order chi connectivity index (χ0) is 22.7. The number of carbonyl (C=O) groups is 2. The van der Waals surface area contributed by atoms with Crippen LogP contribution in [0.3, 0.4) is 0 Å². The molecule has 2 amide bonds. The summed E-state index contributed by atoms with van der Waals surface area (Å²) in [6.07, 6.45) is 4.03. The first-order chi connectivity index (χ1) is 14.1. The van der Waals surface area contributed by atoms with E-state index in [9.17, 15) is 13.8 Å². The lowest BCUT2D eigenvalue weighted by Crippen LogP contribution is -2.41. The molecule has 2 atom stereocenters. The Balaban J connectivity index is 0.000000325. The predicted octanol–water partition coefficient (Wildman–Crippen LogP) is 3.48. The van der Waals surface area contributed by atoms with Crippen LogP contribution in [0.15, 0.2) is 29.2 Å². The first-order valence-corrected chi connectivity index (χ1v) is 11.7. The number of halogens is 1. The van der Waals surface area contributed by atoms with Crippen molar-refractivity contribution in [1.29, 1.82) is 0 Å². The first kappa shape index (κ1) is 26.6. The van der Waals surface area contributed by atoms with Gasteiger partial charge in [-0.05, 0) is 70.0 Å². The number of nitrogens with one attached hydrogen (secondary N) is 1. The number of piperidine rings is 1. The maximum atomic E-state index is 12.3. The second kappa shape index (κ2) is 13.7. The van der Waals surface area contributed by atoms with E-state index in [1.165, 1.54) is 6.42 Å². The van der Waals surface area contributed by atoms with Crippen molar-refractivity contribution in [2.24, 2.45) is 11.8 Å². The number of nitrogens with zero attached hydrogens (tertiary/aromatic N) is 2. The highest BCUT2D eigenvalue weighted by Crippen LogP contribution is 2.21. The lowest BCUT2D eigenvalue weighted by atomic mass is 9.92. The van der Waals surface area contributed by atoms with E-state index in [4.69, 9.17) is 16.8 Å². The van der Waals surface area contributed by atoms with E-state index in [1.807, 2.05) is 18.7 Å². The molecule has 2 rings (SSSR count). The summed E-state index contributed by atoms with van der Waals surface area (Å²) in [6.45, 7) is 5.67. The highest BCUT2D eigenvalue weighted by molar-refractivity contribution is 7.82. The van der Waals surface area contributed by atoms with Gasteiger partial charge in [0.1, 0.15) is 11.0 Å². The molecule has 0 bridgehead atoms. The molecule has 0 saturated carbocycles. The van der Waals surface area contributed by atoms with Crippen LogP contribution in [0, 0.1) is 11.8 Å². The summed E-state index contributed by atoms with van der Waals surface area (Å²) in [6, 6.07) is 6.99. The van der Waals surface area contributed by atoms with Crippen molar-refractivity contribution in [3.63, 3.8) is 0 Å². The van der Waals surface area contributed by atoms with Crippen molar-refractivity contribution in [1.82, 2.24) is 14.7 Å². The van der Waals surface area contributed by atoms with E-state index in [-0.39, 0.29) is 18.2 Å². The fourth-order valence-electron chi connectivity index (χ4n) is 3.24. The molecular formula is C21H34ClN3O4S. The Morgan fingerprint density at radius 1 is 1.17 bits per heavy atom. The molecule has 2 N–H and O–H groups in total. The van der Waals surface area contributed by atoms with Gasteiger partial charge in [0.2, 0.25) is 11.8 Å². The summed E-state index contributed by atoms with van der Waals surface area (Å²) < 4.78 is 13.1. The molecule has 0 spiro atoms. The third-order valence-corrected chi connectivity index (χ3v) is 6.27. The Kier molecular flexibility index (Phi) is 12.2. The van der Waals surface area contributed by atoms with Crippen LogP contribution in [0.2, 0.25) is 5.02 Å². The van der Waals surface area contributed by atoms with Crippen molar-refractivity contribution in [2.75, 3.05) is 27.2 Å². The summed E-state index contributed by atoms with van der Waals surface area (Å²) in [5, 5.41) is 9.25. The largest absolute Gasteiger partial charge is 0.342 e. The van der Waals surface area contributed by atoms with Gasteiger partial charge in [0.25, 0.3) is 0 Å². The molecular weight excluding hydrogens is 426 g/mol. The molecule has 30 heavy (non-hydrogen) atoms. The summed E-state index contributed by atoms with van der Waals surface area (Å²) in [7, 11) is 2.47. The van der Waals surface area contributed by atoms with Gasteiger partial charge in [0, 0.05) is 30.5 Å². The van der Waals surface area contributed by atoms with Gasteiger partial charge in [-0.2, -0.15) is 0 Å². The van der Waals surface area contributed by atoms with Gasteiger partial charge < -0.3 is 4.90 Å². The Bertz CT molecular complexity index is 692. The summed E-state index contributed by atoms with van der Waals surface area (Å²) >= 11 is 5.68. The molecule has 1 heterocycles. The van der Waals surface area contributed by atoms with Gasteiger partial charge in [-0.25, -0.2) is 14.0 Å². The average Bonchev–Trinajstić information content (AvgIpc) is 2.73. The standard InChI is InChI=1S/C13H24N2O3.C8H10ClNOS/c1-10(2)8-11(9-12(16)14-18)13(17)15-6-4-3-5-7-15;1-10(2)12(11)8-5-3-7(9)4-6-8/h10-11,18H,3-9H2,1-2H3,(H,14,16);3-6H,1-2H3/t11-;/m1./s1. The second-order valence-electron chi connectivity index (χ2n) is 7.97. The van der Waals surface area contributed by atoms with Crippen molar-refractivity contribution < 1.29 is 19.0 Å². The van der Waals surface area contributed by atoms with E-state index in [0.717, 1.165) is 30.8 Å². The molecule has 1 aromatic carbocycles. The van der Waals surface area contributed by atoms with Crippen LogP contribution in [0.4, 0.5) is 0 Å². The number of hydrogen-bond donors (Lipinski definition) is 2. The maximum absolute atomic E-state index is 12.3. The summed E-state index contributed by atoms with van der Waals surface area (Å²) in [5.41, 5.74) is 1.62. The van der Waals surface area contributed by atoms with E-state index in [1.54, 1.807) is 48.1 Å². The predicted molar refractivity (Wildman–Crippen MR) is 119 cm³/mol. The Labute approximate surface area is 187 Å². The molecule has 1 saturated heterocycles. The lowest BCUT2D eigenvalue weighted by Gasteiger charge is -2.30. The van der Waals surface area contributed by atoms with Crippen molar-refractivity contribution >= 4 is 34.4 Å². The third kappa shape index (κ3) is 9.55. The van der Waals surface area contributed by atoms with Gasteiger partial charge in [0.05, 0.1) is 4.90 Å². The number of carbonyl (C=O) groups excluding carboxylic acids is 2. The third-order valence-electron chi connectivity index (χ3n) is 4.68. The smallest absolute Gasteiger partial charge is 0.244 e. The van der Waals surface area contributed by atoms with Gasteiger partial charge in [-0.1, -0.05) is 25.4 Å². The van der Waals surface area contributed by atoms with Crippen LogP contribution in [-0.4, -0.2) is 57.6 Å². The number of likely N-dealkylation sites (tertiary alicyclic amines) is 1. The minimum absolute atomic E-state index is 0.0620. The number of rotatable bonds is 7. The van der Waals surface area contributed by atoms with Crippen molar-refractivity contribution in [3.05, 3.63) is 29.3 Å². The number of hydrogen-bond acceptors (Lipinski definition) is 4. The minimum Gasteiger partial charge on any atom is -0.342 e. The Morgan fingerprint density at radius 2 is 1.73 bits per heavy atom. The van der Waals surface area contributed by atoms with Gasteiger partial charge in [-0.15, -0.1) is 0 Å². The van der Waals surface area contributed by atoms with Crippen LogP contribution >= 0.6 is 11.6 Å². The molecule has 0 aromatic heterocycles. The van der Waals surface area contributed by atoms with Gasteiger partial charge >= 0.3 is 0 Å². The molecule has 0 radical (unpaired) electrons. The number of hydroxylamine groups is 1. The zero-order valence-electron chi connectivity index (χ0n) is 18.3. The molecule has 1 aliphatic heterocycles. The first-order valence-electron chi connectivity index (χ1n) is 10.2. The monoisotopic (exact) mass is 459 g/mol. The van der Waals surface area contributed by atoms with Crippen LogP contribution in [-0.2, 0) is 20.6 Å². The number of benzene rings is 1. The molecule has 1 aromatic rings. The average molecular weight is 460 g/mol. The molecule has 170 valence electrons.